The zero-order valence-electron chi connectivity index (χ0n) is 14.7. The van der Waals surface area contributed by atoms with E-state index < -0.39 is 6.16 Å². The molecule has 0 aliphatic carbocycles. The van der Waals surface area contributed by atoms with Gasteiger partial charge in [0, 0.05) is 10.8 Å². The molecule has 3 heteroatoms. The van der Waals surface area contributed by atoms with Gasteiger partial charge in [0.2, 0.25) is 0 Å². The number of carbonyl (C=O) groups is 1. The summed E-state index contributed by atoms with van der Waals surface area (Å²) in [4.78, 5) is 12.4. The van der Waals surface area contributed by atoms with Crippen LogP contribution in [0.1, 0.15) is 11.1 Å². The Labute approximate surface area is 151 Å². The van der Waals surface area contributed by atoms with Crippen molar-refractivity contribution in [2.24, 2.45) is 0 Å². The maximum Gasteiger partial charge on any atom is 0.519 e. The Kier molecular flexibility index (Phi) is 4.05. The summed E-state index contributed by atoms with van der Waals surface area (Å²) >= 11 is 0. The van der Waals surface area contributed by atoms with Crippen LogP contribution in [0.15, 0.2) is 72.8 Å². The maximum atomic E-state index is 12.4. The van der Waals surface area contributed by atoms with Gasteiger partial charge in [0.15, 0.2) is 0 Å². The second kappa shape index (κ2) is 6.52. The van der Waals surface area contributed by atoms with Gasteiger partial charge in [-0.3, -0.25) is 0 Å². The van der Waals surface area contributed by atoms with Gasteiger partial charge in [-0.1, -0.05) is 60.2 Å². The molecule has 0 saturated carbocycles. The van der Waals surface area contributed by atoms with Crippen LogP contribution in [0.25, 0.3) is 21.5 Å². The van der Waals surface area contributed by atoms with E-state index in [-0.39, 0.29) is 0 Å². The fraction of sp³-hybridized carbons (Fsp3) is 0.0870. The van der Waals surface area contributed by atoms with Crippen LogP contribution in [-0.4, -0.2) is 6.16 Å². The number of hydrogen-bond donors (Lipinski definition) is 0. The van der Waals surface area contributed by atoms with Crippen molar-refractivity contribution in [3.8, 4) is 11.5 Å². The fourth-order valence-corrected chi connectivity index (χ4v) is 3.35. The van der Waals surface area contributed by atoms with E-state index >= 15 is 0 Å². The Morgan fingerprint density at radius 2 is 1.50 bits per heavy atom. The molecule has 0 unspecified atom stereocenters. The summed E-state index contributed by atoms with van der Waals surface area (Å²) in [6.45, 7) is 4.09. The molecule has 0 atom stereocenters. The van der Waals surface area contributed by atoms with Crippen molar-refractivity contribution >= 4 is 27.7 Å². The first-order valence-electron chi connectivity index (χ1n) is 8.49. The Balaban J connectivity index is 1.84. The van der Waals surface area contributed by atoms with E-state index in [9.17, 15) is 4.79 Å². The molecular formula is C23H18O3. The van der Waals surface area contributed by atoms with Crippen LogP contribution in [0.4, 0.5) is 4.79 Å². The lowest BCUT2D eigenvalue weighted by atomic mass is 9.97. The summed E-state index contributed by atoms with van der Waals surface area (Å²) in [5.74, 6) is 0.992. The predicted octanol–water partition coefficient (Wildman–Crippen LogP) is 6.19. The third-order valence-corrected chi connectivity index (χ3v) is 4.38. The number of para-hydroxylation sites is 1. The van der Waals surface area contributed by atoms with Crippen LogP contribution in [0.2, 0.25) is 0 Å². The highest BCUT2D eigenvalue weighted by molar-refractivity contribution is 6.07. The Hall–Kier alpha value is -3.33. The molecule has 0 aliphatic rings. The number of fused-ring (bicyclic) bond motifs is 2. The lowest BCUT2D eigenvalue weighted by molar-refractivity contribution is 0.153. The van der Waals surface area contributed by atoms with Crippen molar-refractivity contribution in [3.63, 3.8) is 0 Å². The van der Waals surface area contributed by atoms with Gasteiger partial charge in [-0.25, -0.2) is 4.79 Å². The minimum Gasteiger partial charge on any atom is -0.395 e. The first-order valence-corrected chi connectivity index (χ1v) is 8.49. The van der Waals surface area contributed by atoms with E-state index in [0.717, 1.165) is 27.1 Å². The second-order valence-electron chi connectivity index (χ2n) is 6.37. The fourth-order valence-electron chi connectivity index (χ4n) is 3.35. The maximum absolute atomic E-state index is 12.4. The Morgan fingerprint density at radius 3 is 2.31 bits per heavy atom. The van der Waals surface area contributed by atoms with Crippen molar-refractivity contribution in [1.82, 2.24) is 0 Å². The molecule has 0 aromatic heterocycles. The molecule has 4 aromatic rings. The Morgan fingerprint density at radius 1 is 0.769 bits per heavy atom. The zero-order chi connectivity index (χ0) is 18.1. The van der Waals surface area contributed by atoms with Gasteiger partial charge in [-0.2, -0.15) is 0 Å². The van der Waals surface area contributed by atoms with Crippen LogP contribution in [-0.2, 0) is 0 Å². The SMILES string of the molecule is Cc1cc(C)c2c(OC(=O)Oc3ccccc3)c3ccccc3cc2c1. The van der Waals surface area contributed by atoms with Gasteiger partial charge in [-0.15, -0.1) is 0 Å². The molecule has 0 saturated heterocycles. The quantitative estimate of drug-likeness (QED) is 0.248. The number of ether oxygens (including phenoxy) is 2. The predicted molar refractivity (Wildman–Crippen MR) is 104 cm³/mol. The monoisotopic (exact) mass is 342 g/mol. The summed E-state index contributed by atoms with van der Waals surface area (Å²) in [5, 5.41) is 3.88. The third-order valence-electron chi connectivity index (χ3n) is 4.38. The second-order valence-corrected chi connectivity index (χ2v) is 6.37. The Bertz CT molecular complexity index is 1110. The van der Waals surface area contributed by atoms with Crippen LogP contribution in [0.5, 0.6) is 11.5 Å². The molecule has 4 rings (SSSR count). The molecule has 128 valence electrons. The van der Waals surface area contributed by atoms with E-state index in [1.54, 1.807) is 12.1 Å². The van der Waals surface area contributed by atoms with E-state index in [0.29, 0.717) is 11.5 Å². The van der Waals surface area contributed by atoms with Gasteiger partial charge in [0.1, 0.15) is 11.5 Å². The van der Waals surface area contributed by atoms with Gasteiger partial charge in [0.05, 0.1) is 0 Å². The van der Waals surface area contributed by atoms with Gasteiger partial charge in [0.25, 0.3) is 0 Å². The lowest BCUT2D eigenvalue weighted by Crippen LogP contribution is -2.14. The highest BCUT2D eigenvalue weighted by Crippen LogP contribution is 2.37. The highest BCUT2D eigenvalue weighted by atomic mass is 16.7. The van der Waals surface area contributed by atoms with Gasteiger partial charge in [-0.05, 0) is 48.4 Å². The number of benzene rings is 4. The van der Waals surface area contributed by atoms with Crippen molar-refractivity contribution in [1.29, 1.82) is 0 Å². The molecule has 0 fully saturated rings. The standard InChI is InChI=1S/C23H18O3/c1-15-12-16(2)21-18(13-15)14-17-8-6-7-11-20(17)22(21)26-23(24)25-19-9-4-3-5-10-19/h3-14H,1-2H3. The molecular weight excluding hydrogens is 324 g/mol. The van der Waals surface area contributed by atoms with Crippen molar-refractivity contribution < 1.29 is 14.3 Å². The molecule has 0 radical (unpaired) electrons. The largest absolute Gasteiger partial charge is 0.519 e. The number of hydrogen-bond acceptors (Lipinski definition) is 3. The highest BCUT2D eigenvalue weighted by Gasteiger charge is 2.16. The summed E-state index contributed by atoms with van der Waals surface area (Å²) < 4.78 is 11.0. The van der Waals surface area contributed by atoms with Crippen LogP contribution in [0.3, 0.4) is 0 Å². The zero-order valence-corrected chi connectivity index (χ0v) is 14.7. The molecule has 0 N–H and O–H groups in total. The van der Waals surface area contributed by atoms with E-state index in [4.69, 9.17) is 9.47 Å². The van der Waals surface area contributed by atoms with Crippen LogP contribution < -0.4 is 9.47 Å². The van der Waals surface area contributed by atoms with Crippen LogP contribution >= 0.6 is 0 Å². The minimum absolute atomic E-state index is 0.453. The average Bonchev–Trinajstić information content (AvgIpc) is 2.61. The van der Waals surface area contributed by atoms with Crippen molar-refractivity contribution in [3.05, 3.63) is 83.9 Å². The molecule has 0 spiro atoms. The summed E-state index contributed by atoms with van der Waals surface area (Å²) in [6, 6.07) is 23.1. The molecule has 0 heterocycles. The van der Waals surface area contributed by atoms with Gasteiger partial charge < -0.3 is 9.47 Å². The van der Waals surface area contributed by atoms with E-state index in [1.807, 2.05) is 49.4 Å². The van der Waals surface area contributed by atoms with E-state index in [2.05, 4.69) is 25.1 Å². The molecule has 4 aromatic carbocycles. The van der Waals surface area contributed by atoms with Gasteiger partial charge >= 0.3 is 6.16 Å². The number of aryl methyl sites for hydroxylation is 2. The van der Waals surface area contributed by atoms with Crippen molar-refractivity contribution in [2.45, 2.75) is 13.8 Å². The molecule has 0 bridgehead atoms. The molecule has 0 amide bonds. The molecule has 3 nitrogen and oxygen atoms in total. The minimum atomic E-state index is -0.742. The number of rotatable bonds is 2. The van der Waals surface area contributed by atoms with E-state index in [1.165, 1.54) is 5.56 Å². The first-order chi connectivity index (χ1) is 12.6. The smallest absolute Gasteiger partial charge is 0.395 e. The third kappa shape index (κ3) is 3.00. The summed E-state index contributed by atoms with van der Waals surface area (Å²) in [5.41, 5.74) is 2.23. The van der Waals surface area contributed by atoms with Crippen LogP contribution in [0, 0.1) is 13.8 Å². The summed E-state index contributed by atoms with van der Waals surface area (Å²) in [7, 11) is 0. The van der Waals surface area contributed by atoms with Crippen molar-refractivity contribution in [2.75, 3.05) is 0 Å². The topological polar surface area (TPSA) is 35.5 Å². The average molecular weight is 342 g/mol. The molecule has 26 heavy (non-hydrogen) atoms. The number of carbonyl (C=O) groups excluding carboxylic acids is 1. The molecule has 0 aliphatic heterocycles. The first kappa shape index (κ1) is 16.2. The normalized spacial score (nSPS) is 10.8. The summed E-state index contributed by atoms with van der Waals surface area (Å²) in [6.07, 6.45) is -0.742. The lowest BCUT2D eigenvalue weighted by Gasteiger charge is -2.14.